The molecule has 1 fully saturated rings. The van der Waals surface area contributed by atoms with Crippen molar-refractivity contribution in [2.24, 2.45) is 5.92 Å². The molecule has 1 aliphatic rings. The van der Waals surface area contributed by atoms with Crippen molar-refractivity contribution in [2.75, 3.05) is 0 Å². The van der Waals surface area contributed by atoms with Crippen molar-refractivity contribution in [1.82, 2.24) is 9.55 Å². The van der Waals surface area contributed by atoms with E-state index in [1.54, 1.807) is 4.57 Å². The zero-order chi connectivity index (χ0) is 14.1. The van der Waals surface area contributed by atoms with Gasteiger partial charge in [-0.05, 0) is 24.5 Å². The summed E-state index contributed by atoms with van der Waals surface area (Å²) < 4.78 is 29.2. The maximum absolute atomic E-state index is 14.0. The molecular weight excluding hydrogens is 282 g/mol. The lowest BCUT2D eigenvalue weighted by atomic mass is 10.0. The van der Waals surface area contributed by atoms with Crippen molar-refractivity contribution < 1.29 is 8.78 Å². The highest BCUT2D eigenvalue weighted by molar-refractivity contribution is 6.16. The van der Waals surface area contributed by atoms with Crippen molar-refractivity contribution in [3.8, 4) is 0 Å². The monoisotopic (exact) mass is 298 g/mol. The van der Waals surface area contributed by atoms with Crippen molar-refractivity contribution in [3.63, 3.8) is 0 Å². The quantitative estimate of drug-likeness (QED) is 0.752. The number of rotatable bonds is 4. The van der Waals surface area contributed by atoms with Crippen LogP contribution in [0.4, 0.5) is 8.78 Å². The highest BCUT2D eigenvalue weighted by Crippen LogP contribution is 2.29. The SMILES string of the molecule is Fc1ccc2nc(CCl)n(CCC3CCCC3)c2c1F. The van der Waals surface area contributed by atoms with Crippen LogP contribution in [-0.4, -0.2) is 9.55 Å². The Kier molecular flexibility index (Phi) is 3.92. The third kappa shape index (κ3) is 2.41. The first-order valence-electron chi connectivity index (χ1n) is 7.09. The molecule has 1 aliphatic carbocycles. The molecule has 20 heavy (non-hydrogen) atoms. The summed E-state index contributed by atoms with van der Waals surface area (Å²) in [6.45, 7) is 0.656. The summed E-state index contributed by atoms with van der Waals surface area (Å²) in [5, 5.41) is 0. The van der Waals surface area contributed by atoms with Crippen molar-refractivity contribution in [1.29, 1.82) is 0 Å². The third-order valence-corrected chi connectivity index (χ3v) is 4.47. The van der Waals surface area contributed by atoms with Crippen LogP contribution in [0.2, 0.25) is 0 Å². The molecule has 0 bridgehead atoms. The van der Waals surface area contributed by atoms with Crippen LogP contribution < -0.4 is 0 Å². The maximum Gasteiger partial charge on any atom is 0.184 e. The molecule has 108 valence electrons. The molecule has 2 nitrogen and oxygen atoms in total. The van der Waals surface area contributed by atoms with Gasteiger partial charge in [0.25, 0.3) is 0 Å². The van der Waals surface area contributed by atoms with Gasteiger partial charge in [-0.1, -0.05) is 25.7 Å². The number of alkyl halides is 1. The second-order valence-corrected chi connectivity index (χ2v) is 5.75. The van der Waals surface area contributed by atoms with Gasteiger partial charge in [0.1, 0.15) is 11.3 Å². The van der Waals surface area contributed by atoms with Gasteiger partial charge in [0.15, 0.2) is 11.6 Å². The Labute approximate surface area is 121 Å². The van der Waals surface area contributed by atoms with Crippen LogP contribution in [0.5, 0.6) is 0 Å². The number of hydrogen-bond acceptors (Lipinski definition) is 1. The Morgan fingerprint density at radius 1 is 1.25 bits per heavy atom. The molecule has 0 radical (unpaired) electrons. The molecule has 0 amide bonds. The molecule has 5 heteroatoms. The van der Waals surface area contributed by atoms with Gasteiger partial charge < -0.3 is 4.57 Å². The lowest BCUT2D eigenvalue weighted by Crippen LogP contribution is -2.07. The zero-order valence-electron chi connectivity index (χ0n) is 11.2. The van der Waals surface area contributed by atoms with E-state index in [0.29, 0.717) is 23.8 Å². The molecule has 0 N–H and O–H groups in total. The van der Waals surface area contributed by atoms with E-state index in [9.17, 15) is 8.78 Å². The first-order valence-corrected chi connectivity index (χ1v) is 7.63. The van der Waals surface area contributed by atoms with E-state index in [1.165, 1.54) is 31.7 Å². The number of fused-ring (bicyclic) bond motifs is 1. The number of imidazole rings is 1. The van der Waals surface area contributed by atoms with Gasteiger partial charge >= 0.3 is 0 Å². The summed E-state index contributed by atoms with van der Waals surface area (Å²) in [7, 11) is 0. The van der Waals surface area contributed by atoms with Crippen LogP contribution in [0.15, 0.2) is 12.1 Å². The molecule has 1 heterocycles. The van der Waals surface area contributed by atoms with Crippen LogP contribution in [0.1, 0.15) is 37.9 Å². The van der Waals surface area contributed by atoms with Gasteiger partial charge in [-0.3, -0.25) is 0 Å². The summed E-state index contributed by atoms with van der Waals surface area (Å²) >= 11 is 5.89. The van der Waals surface area contributed by atoms with Gasteiger partial charge in [0.2, 0.25) is 0 Å². The average Bonchev–Trinajstić information content (AvgIpc) is 3.07. The number of halogens is 3. The van der Waals surface area contributed by atoms with Crippen LogP contribution in [0.25, 0.3) is 11.0 Å². The number of aryl methyl sites for hydroxylation is 1. The van der Waals surface area contributed by atoms with Crippen LogP contribution >= 0.6 is 11.6 Å². The first kappa shape index (κ1) is 13.8. The Morgan fingerprint density at radius 2 is 2.00 bits per heavy atom. The highest BCUT2D eigenvalue weighted by Gasteiger charge is 2.19. The van der Waals surface area contributed by atoms with Crippen molar-refractivity contribution in [3.05, 3.63) is 29.6 Å². The molecule has 1 saturated carbocycles. The lowest BCUT2D eigenvalue weighted by Gasteiger charge is -2.12. The van der Waals surface area contributed by atoms with Crippen molar-refractivity contribution >= 4 is 22.6 Å². The number of nitrogens with zero attached hydrogens (tertiary/aromatic N) is 2. The molecule has 0 atom stereocenters. The molecule has 0 spiro atoms. The Hall–Kier alpha value is -1.16. The molecule has 0 unspecified atom stereocenters. The Morgan fingerprint density at radius 3 is 2.70 bits per heavy atom. The Balaban J connectivity index is 1.96. The molecule has 1 aromatic carbocycles. The molecule has 3 rings (SSSR count). The molecule has 0 aliphatic heterocycles. The summed E-state index contributed by atoms with van der Waals surface area (Å²) in [5.74, 6) is -0.143. The van der Waals surface area contributed by atoms with Crippen LogP contribution in [0, 0.1) is 17.6 Å². The molecule has 2 aromatic rings. The van der Waals surface area contributed by atoms with Gasteiger partial charge in [0.05, 0.1) is 11.4 Å². The van der Waals surface area contributed by atoms with Gasteiger partial charge in [-0.25, -0.2) is 13.8 Å². The normalized spacial score (nSPS) is 16.4. The lowest BCUT2D eigenvalue weighted by molar-refractivity contribution is 0.453. The zero-order valence-corrected chi connectivity index (χ0v) is 12.0. The van der Waals surface area contributed by atoms with E-state index in [-0.39, 0.29) is 11.4 Å². The molecule has 1 aromatic heterocycles. The van der Waals surface area contributed by atoms with Crippen LogP contribution in [-0.2, 0) is 12.4 Å². The summed E-state index contributed by atoms with van der Waals surface area (Å²) in [6, 6.07) is 2.62. The predicted octanol–water partition coefficient (Wildman–Crippen LogP) is 4.63. The molecule has 0 saturated heterocycles. The standard InChI is InChI=1S/C15H17ClF2N2/c16-9-13-19-12-6-5-11(17)14(18)15(12)20(13)8-7-10-3-1-2-4-10/h5-6,10H,1-4,7-9H2. The van der Waals surface area contributed by atoms with Crippen molar-refractivity contribution in [2.45, 2.75) is 44.5 Å². The van der Waals surface area contributed by atoms with Gasteiger partial charge in [0, 0.05) is 6.54 Å². The minimum Gasteiger partial charge on any atom is -0.324 e. The first-order chi connectivity index (χ1) is 9.70. The fourth-order valence-corrected chi connectivity index (χ4v) is 3.36. The number of hydrogen-bond donors (Lipinski definition) is 0. The average molecular weight is 299 g/mol. The topological polar surface area (TPSA) is 17.8 Å². The minimum absolute atomic E-state index is 0.209. The summed E-state index contributed by atoms with van der Waals surface area (Å²) in [4.78, 5) is 4.30. The predicted molar refractivity (Wildman–Crippen MR) is 75.8 cm³/mol. The summed E-state index contributed by atoms with van der Waals surface area (Å²) in [5.41, 5.74) is 0.726. The number of benzene rings is 1. The van der Waals surface area contributed by atoms with E-state index in [4.69, 9.17) is 11.6 Å². The van der Waals surface area contributed by atoms with E-state index in [1.807, 2.05) is 0 Å². The van der Waals surface area contributed by atoms with Gasteiger partial charge in [-0.2, -0.15) is 0 Å². The van der Waals surface area contributed by atoms with E-state index < -0.39 is 11.6 Å². The van der Waals surface area contributed by atoms with Crippen LogP contribution in [0.3, 0.4) is 0 Å². The summed E-state index contributed by atoms with van der Waals surface area (Å²) in [6.07, 6.45) is 6.01. The van der Waals surface area contributed by atoms with E-state index in [2.05, 4.69) is 4.98 Å². The second-order valence-electron chi connectivity index (χ2n) is 5.48. The smallest absolute Gasteiger partial charge is 0.184 e. The Bertz CT molecular complexity index is 618. The highest BCUT2D eigenvalue weighted by atomic mass is 35.5. The van der Waals surface area contributed by atoms with E-state index in [0.717, 1.165) is 12.5 Å². The fourth-order valence-electron chi connectivity index (χ4n) is 3.16. The molecular formula is C15H17ClF2N2. The second kappa shape index (κ2) is 5.68. The van der Waals surface area contributed by atoms with Gasteiger partial charge in [-0.15, -0.1) is 11.6 Å². The van der Waals surface area contributed by atoms with E-state index >= 15 is 0 Å². The minimum atomic E-state index is -0.833. The maximum atomic E-state index is 14.0. The largest absolute Gasteiger partial charge is 0.324 e. The third-order valence-electron chi connectivity index (χ3n) is 4.23. The fraction of sp³-hybridized carbons (Fsp3) is 0.533. The number of aromatic nitrogens is 2.